The van der Waals surface area contributed by atoms with Crippen LogP contribution < -0.4 is 5.32 Å². The fraction of sp³-hybridized carbons (Fsp3) is 0.385. The first kappa shape index (κ1) is 25.6. The number of carbonyl (C=O) groups excluding carboxylic acids is 2. The summed E-state index contributed by atoms with van der Waals surface area (Å²) in [5.41, 5.74) is 2.46. The lowest BCUT2D eigenvalue weighted by Gasteiger charge is -2.19. The minimum Gasteiger partial charge on any atom is -0.452 e. The SMILES string of the molecule is CC(C)c1ccc(NC(=O)COC(=O)/C=C/c2ccc(S(=O)(=O)N3CCCCCC3)cc2)cc1. The van der Waals surface area contributed by atoms with Crippen molar-refractivity contribution in [1.82, 2.24) is 4.31 Å². The van der Waals surface area contributed by atoms with Gasteiger partial charge in [-0.3, -0.25) is 4.79 Å². The average Bonchev–Trinajstić information content (AvgIpc) is 3.12. The number of rotatable bonds is 8. The third-order valence-electron chi connectivity index (χ3n) is 5.70. The minimum absolute atomic E-state index is 0.243. The molecule has 8 heteroatoms. The topological polar surface area (TPSA) is 92.8 Å². The zero-order valence-corrected chi connectivity index (χ0v) is 20.5. The van der Waals surface area contributed by atoms with Crippen molar-refractivity contribution in [1.29, 1.82) is 0 Å². The van der Waals surface area contributed by atoms with Crippen LogP contribution in [0.4, 0.5) is 5.69 Å². The van der Waals surface area contributed by atoms with E-state index in [2.05, 4.69) is 19.2 Å². The van der Waals surface area contributed by atoms with Gasteiger partial charge in [0.1, 0.15) is 0 Å². The molecule has 0 saturated carbocycles. The molecule has 2 aromatic carbocycles. The quantitative estimate of drug-likeness (QED) is 0.438. The van der Waals surface area contributed by atoms with Gasteiger partial charge < -0.3 is 10.1 Å². The van der Waals surface area contributed by atoms with Crippen LogP contribution in [0.15, 0.2) is 59.5 Å². The maximum absolute atomic E-state index is 12.8. The van der Waals surface area contributed by atoms with Gasteiger partial charge in [-0.15, -0.1) is 0 Å². The number of ether oxygens (including phenoxy) is 1. The van der Waals surface area contributed by atoms with E-state index in [-0.39, 0.29) is 4.90 Å². The number of carbonyl (C=O) groups is 2. The van der Waals surface area contributed by atoms with Crippen molar-refractivity contribution in [3.05, 3.63) is 65.7 Å². The largest absolute Gasteiger partial charge is 0.452 e. The molecule has 182 valence electrons. The molecule has 7 nitrogen and oxygen atoms in total. The Morgan fingerprint density at radius 2 is 1.59 bits per heavy atom. The van der Waals surface area contributed by atoms with Crippen LogP contribution in [-0.4, -0.2) is 44.3 Å². The lowest BCUT2D eigenvalue weighted by molar-refractivity contribution is -0.142. The van der Waals surface area contributed by atoms with Gasteiger partial charge in [0.2, 0.25) is 10.0 Å². The van der Waals surface area contributed by atoms with Gasteiger partial charge in [-0.2, -0.15) is 4.31 Å². The molecule has 1 fully saturated rings. The summed E-state index contributed by atoms with van der Waals surface area (Å²) in [5.74, 6) is -0.689. The van der Waals surface area contributed by atoms with E-state index in [0.29, 0.717) is 30.3 Å². The number of anilines is 1. The third kappa shape index (κ3) is 7.27. The Labute approximate surface area is 201 Å². The van der Waals surface area contributed by atoms with Crippen LogP contribution in [0.25, 0.3) is 6.08 Å². The highest BCUT2D eigenvalue weighted by Gasteiger charge is 2.24. The molecule has 34 heavy (non-hydrogen) atoms. The maximum atomic E-state index is 12.8. The number of esters is 1. The maximum Gasteiger partial charge on any atom is 0.331 e. The second kappa shape index (κ2) is 11.9. The highest BCUT2D eigenvalue weighted by molar-refractivity contribution is 7.89. The molecule has 1 heterocycles. The molecule has 1 N–H and O–H groups in total. The van der Waals surface area contributed by atoms with Crippen LogP contribution in [0.5, 0.6) is 0 Å². The lowest BCUT2D eigenvalue weighted by atomic mass is 10.0. The van der Waals surface area contributed by atoms with E-state index >= 15 is 0 Å². The molecule has 3 rings (SSSR count). The number of nitrogens with one attached hydrogen (secondary N) is 1. The van der Waals surface area contributed by atoms with Gasteiger partial charge in [0, 0.05) is 24.9 Å². The molecule has 1 aliphatic rings. The Kier molecular flexibility index (Phi) is 9.01. The van der Waals surface area contributed by atoms with Crippen LogP contribution in [0, 0.1) is 0 Å². The Hall–Kier alpha value is -2.97. The van der Waals surface area contributed by atoms with E-state index in [1.165, 1.54) is 17.7 Å². The molecule has 0 radical (unpaired) electrons. The fourth-order valence-corrected chi connectivity index (χ4v) is 5.20. The van der Waals surface area contributed by atoms with Gasteiger partial charge in [0.05, 0.1) is 4.90 Å². The summed E-state index contributed by atoms with van der Waals surface area (Å²) in [6.45, 7) is 4.88. The van der Waals surface area contributed by atoms with E-state index in [1.54, 1.807) is 28.6 Å². The molecule has 0 unspecified atom stereocenters. The Bertz CT molecular complexity index is 1100. The van der Waals surface area contributed by atoms with Gasteiger partial charge in [-0.1, -0.05) is 51.0 Å². The minimum atomic E-state index is -3.51. The number of benzene rings is 2. The number of sulfonamides is 1. The Morgan fingerprint density at radius 1 is 0.971 bits per heavy atom. The van der Waals surface area contributed by atoms with E-state index in [1.807, 2.05) is 24.3 Å². The lowest BCUT2D eigenvalue weighted by Crippen LogP contribution is -2.31. The van der Waals surface area contributed by atoms with Crippen molar-refractivity contribution < 1.29 is 22.7 Å². The zero-order chi connectivity index (χ0) is 24.6. The predicted molar refractivity (Wildman–Crippen MR) is 133 cm³/mol. The van der Waals surface area contributed by atoms with E-state index in [9.17, 15) is 18.0 Å². The average molecular weight is 485 g/mol. The van der Waals surface area contributed by atoms with E-state index < -0.39 is 28.5 Å². The monoisotopic (exact) mass is 484 g/mol. The van der Waals surface area contributed by atoms with Crippen molar-refractivity contribution in [3.63, 3.8) is 0 Å². The molecular formula is C26H32N2O5S. The summed E-state index contributed by atoms with van der Waals surface area (Å²) in [5, 5.41) is 2.69. The number of hydrogen-bond donors (Lipinski definition) is 1. The van der Waals surface area contributed by atoms with Gasteiger partial charge in [-0.05, 0) is 60.2 Å². The van der Waals surface area contributed by atoms with Crippen molar-refractivity contribution in [3.8, 4) is 0 Å². The summed E-state index contributed by atoms with van der Waals surface area (Å²) in [7, 11) is -3.51. The first-order chi connectivity index (χ1) is 16.3. The van der Waals surface area contributed by atoms with Crippen LogP contribution in [-0.2, 0) is 24.3 Å². The third-order valence-corrected chi connectivity index (χ3v) is 7.61. The molecule has 1 saturated heterocycles. The Morgan fingerprint density at radius 3 is 2.18 bits per heavy atom. The van der Waals surface area contributed by atoms with Gasteiger partial charge in [0.15, 0.2) is 6.61 Å². The summed E-state index contributed by atoms with van der Waals surface area (Å²) in [4.78, 5) is 24.2. The molecule has 0 aliphatic carbocycles. The van der Waals surface area contributed by atoms with Crippen molar-refractivity contribution in [2.24, 2.45) is 0 Å². The van der Waals surface area contributed by atoms with Gasteiger partial charge in [-0.25, -0.2) is 13.2 Å². The van der Waals surface area contributed by atoms with Crippen LogP contribution in [0.2, 0.25) is 0 Å². The second-order valence-corrected chi connectivity index (χ2v) is 10.6. The van der Waals surface area contributed by atoms with Crippen molar-refractivity contribution >= 4 is 33.7 Å². The summed E-state index contributed by atoms with van der Waals surface area (Å²) < 4.78 is 32.2. The molecule has 1 aliphatic heterocycles. The van der Waals surface area contributed by atoms with Crippen LogP contribution >= 0.6 is 0 Å². The van der Waals surface area contributed by atoms with Crippen LogP contribution in [0.1, 0.15) is 56.6 Å². The standard InChI is InChI=1S/C26H32N2O5S/c1-20(2)22-10-12-23(13-11-22)27-25(29)19-33-26(30)16-9-21-7-14-24(15-8-21)34(31,32)28-17-5-3-4-6-18-28/h7-16,20H,3-6,17-19H2,1-2H3,(H,27,29)/b16-9+. The first-order valence-electron chi connectivity index (χ1n) is 11.6. The molecular weight excluding hydrogens is 452 g/mol. The zero-order valence-electron chi connectivity index (χ0n) is 19.7. The Balaban J connectivity index is 1.49. The van der Waals surface area contributed by atoms with Crippen molar-refractivity contribution in [2.75, 3.05) is 25.0 Å². The number of amides is 1. The highest BCUT2D eigenvalue weighted by Crippen LogP contribution is 2.21. The smallest absolute Gasteiger partial charge is 0.331 e. The van der Waals surface area contributed by atoms with Gasteiger partial charge in [0.25, 0.3) is 5.91 Å². The molecule has 0 aromatic heterocycles. The van der Waals surface area contributed by atoms with Crippen LogP contribution in [0.3, 0.4) is 0 Å². The summed E-state index contributed by atoms with van der Waals surface area (Å²) in [6.07, 6.45) is 6.60. The molecule has 0 bridgehead atoms. The summed E-state index contributed by atoms with van der Waals surface area (Å²) in [6, 6.07) is 13.9. The first-order valence-corrected chi connectivity index (χ1v) is 13.0. The second-order valence-electron chi connectivity index (χ2n) is 8.65. The molecule has 2 aromatic rings. The van der Waals surface area contributed by atoms with Gasteiger partial charge >= 0.3 is 5.97 Å². The highest BCUT2D eigenvalue weighted by atomic mass is 32.2. The van der Waals surface area contributed by atoms with E-state index in [4.69, 9.17) is 4.74 Å². The summed E-state index contributed by atoms with van der Waals surface area (Å²) >= 11 is 0. The van der Waals surface area contributed by atoms with E-state index in [0.717, 1.165) is 25.7 Å². The number of hydrogen-bond acceptors (Lipinski definition) is 5. The molecule has 1 amide bonds. The predicted octanol–water partition coefficient (Wildman–Crippen LogP) is 4.57. The molecule has 0 atom stereocenters. The van der Waals surface area contributed by atoms with Crippen molar-refractivity contribution in [2.45, 2.75) is 50.3 Å². The fourth-order valence-electron chi connectivity index (χ4n) is 3.68. The normalized spacial score (nSPS) is 15.3. The number of nitrogens with zero attached hydrogens (tertiary/aromatic N) is 1. The molecule has 0 spiro atoms.